The summed E-state index contributed by atoms with van der Waals surface area (Å²) in [6.45, 7) is 3.68. The SMILES string of the molecule is Cc1ccsc1CN(C)C(=O)C1CCN(c2ncc(C(F)(F)F)cc2Cl)CC1. The van der Waals surface area contributed by atoms with Gasteiger partial charge in [0.2, 0.25) is 5.91 Å². The maximum atomic E-state index is 12.8. The number of hydrogen-bond acceptors (Lipinski definition) is 4. The molecule has 4 nitrogen and oxygen atoms in total. The molecule has 9 heteroatoms. The number of alkyl halides is 3. The van der Waals surface area contributed by atoms with Gasteiger partial charge in [0.05, 0.1) is 17.1 Å². The summed E-state index contributed by atoms with van der Waals surface area (Å²) in [6, 6.07) is 2.94. The first-order valence-electron chi connectivity index (χ1n) is 8.92. The molecule has 1 aliphatic rings. The van der Waals surface area contributed by atoms with Gasteiger partial charge in [0.15, 0.2) is 0 Å². The van der Waals surface area contributed by atoms with E-state index in [0.717, 1.165) is 12.3 Å². The number of amides is 1. The molecule has 0 aromatic carbocycles. The van der Waals surface area contributed by atoms with E-state index in [1.165, 1.54) is 10.4 Å². The number of aryl methyl sites for hydroxylation is 1. The van der Waals surface area contributed by atoms with Gasteiger partial charge in [-0.15, -0.1) is 11.3 Å². The number of carbonyl (C=O) groups is 1. The fourth-order valence-corrected chi connectivity index (χ4v) is 4.57. The molecule has 0 spiro atoms. The number of carbonyl (C=O) groups excluding carboxylic acids is 1. The van der Waals surface area contributed by atoms with Gasteiger partial charge in [-0.05, 0) is 42.8 Å². The van der Waals surface area contributed by atoms with Crippen LogP contribution in [0.1, 0.15) is 28.8 Å². The van der Waals surface area contributed by atoms with E-state index in [1.807, 2.05) is 30.3 Å². The number of thiophene rings is 1. The third kappa shape index (κ3) is 4.60. The maximum Gasteiger partial charge on any atom is 0.417 e. The minimum Gasteiger partial charge on any atom is -0.355 e. The zero-order valence-corrected chi connectivity index (χ0v) is 17.2. The summed E-state index contributed by atoms with van der Waals surface area (Å²) in [5.74, 6) is 0.330. The Morgan fingerprint density at radius 1 is 1.39 bits per heavy atom. The number of hydrogen-bond donors (Lipinski definition) is 0. The lowest BCUT2D eigenvalue weighted by atomic mass is 9.95. The van der Waals surface area contributed by atoms with Crippen molar-refractivity contribution in [2.24, 2.45) is 5.92 Å². The smallest absolute Gasteiger partial charge is 0.355 e. The van der Waals surface area contributed by atoms with Crippen LogP contribution >= 0.6 is 22.9 Å². The Balaban J connectivity index is 1.60. The first kappa shape index (κ1) is 20.9. The first-order chi connectivity index (χ1) is 13.2. The van der Waals surface area contributed by atoms with Crippen LogP contribution in [0.3, 0.4) is 0 Å². The van der Waals surface area contributed by atoms with Crippen molar-refractivity contribution in [2.45, 2.75) is 32.5 Å². The van der Waals surface area contributed by atoms with Gasteiger partial charge in [-0.1, -0.05) is 11.6 Å². The van der Waals surface area contributed by atoms with Crippen molar-refractivity contribution in [3.05, 3.63) is 44.7 Å². The largest absolute Gasteiger partial charge is 0.417 e. The van der Waals surface area contributed by atoms with Crippen molar-refractivity contribution in [3.8, 4) is 0 Å². The van der Waals surface area contributed by atoms with Gasteiger partial charge >= 0.3 is 6.18 Å². The van der Waals surface area contributed by atoms with E-state index in [4.69, 9.17) is 11.6 Å². The van der Waals surface area contributed by atoms with E-state index in [-0.39, 0.29) is 16.8 Å². The Morgan fingerprint density at radius 2 is 2.07 bits per heavy atom. The van der Waals surface area contributed by atoms with Gasteiger partial charge in [0.1, 0.15) is 5.82 Å². The lowest BCUT2D eigenvalue weighted by Crippen LogP contribution is -2.41. The number of halogens is 4. The van der Waals surface area contributed by atoms with E-state index in [0.29, 0.717) is 38.3 Å². The van der Waals surface area contributed by atoms with Crippen LogP contribution in [0.25, 0.3) is 0 Å². The minimum atomic E-state index is -4.47. The van der Waals surface area contributed by atoms with Gasteiger partial charge in [0.25, 0.3) is 0 Å². The van der Waals surface area contributed by atoms with Crippen LogP contribution in [0.5, 0.6) is 0 Å². The molecular weight excluding hydrogens is 411 g/mol. The molecule has 3 rings (SSSR count). The fourth-order valence-electron chi connectivity index (χ4n) is 3.33. The molecule has 1 amide bonds. The highest BCUT2D eigenvalue weighted by Gasteiger charge is 2.33. The molecule has 2 aromatic heterocycles. The van der Waals surface area contributed by atoms with E-state index in [9.17, 15) is 18.0 Å². The summed E-state index contributed by atoms with van der Waals surface area (Å²) < 4.78 is 38.3. The molecule has 3 heterocycles. The van der Waals surface area contributed by atoms with Gasteiger partial charge < -0.3 is 9.80 Å². The second-order valence-corrected chi connectivity index (χ2v) is 8.42. The number of anilines is 1. The normalized spacial score (nSPS) is 15.7. The summed E-state index contributed by atoms with van der Waals surface area (Å²) in [5, 5.41) is 1.99. The number of pyridine rings is 1. The highest BCUT2D eigenvalue weighted by Crippen LogP contribution is 2.35. The van der Waals surface area contributed by atoms with E-state index in [2.05, 4.69) is 4.98 Å². The van der Waals surface area contributed by atoms with Crippen molar-refractivity contribution in [1.82, 2.24) is 9.88 Å². The maximum absolute atomic E-state index is 12.8. The Hall–Kier alpha value is -1.80. The number of rotatable bonds is 4. The molecule has 0 radical (unpaired) electrons. The second kappa shape index (κ2) is 8.29. The summed E-state index contributed by atoms with van der Waals surface area (Å²) in [4.78, 5) is 21.4. The molecule has 1 saturated heterocycles. The molecule has 0 saturated carbocycles. The number of nitrogens with zero attached hydrogens (tertiary/aromatic N) is 3. The van der Waals surface area contributed by atoms with Crippen molar-refractivity contribution in [2.75, 3.05) is 25.0 Å². The first-order valence-corrected chi connectivity index (χ1v) is 10.2. The number of aromatic nitrogens is 1. The lowest BCUT2D eigenvalue weighted by molar-refractivity contribution is -0.138. The summed E-state index contributed by atoms with van der Waals surface area (Å²) >= 11 is 7.67. The molecule has 152 valence electrons. The van der Waals surface area contributed by atoms with Gasteiger partial charge in [-0.3, -0.25) is 4.79 Å². The highest BCUT2D eigenvalue weighted by molar-refractivity contribution is 7.10. The molecule has 28 heavy (non-hydrogen) atoms. The van der Waals surface area contributed by atoms with Crippen LogP contribution in [0.15, 0.2) is 23.7 Å². The third-order valence-electron chi connectivity index (χ3n) is 5.02. The molecule has 0 bridgehead atoms. The van der Waals surface area contributed by atoms with Crippen molar-refractivity contribution >= 4 is 34.7 Å². The Morgan fingerprint density at radius 3 is 2.61 bits per heavy atom. The topological polar surface area (TPSA) is 36.4 Å². The van der Waals surface area contributed by atoms with Gasteiger partial charge in [0, 0.05) is 37.1 Å². The Kier molecular flexibility index (Phi) is 6.19. The van der Waals surface area contributed by atoms with Crippen LogP contribution in [0.4, 0.5) is 19.0 Å². The lowest BCUT2D eigenvalue weighted by Gasteiger charge is -2.34. The molecule has 1 aliphatic heterocycles. The van der Waals surface area contributed by atoms with E-state index < -0.39 is 11.7 Å². The van der Waals surface area contributed by atoms with Crippen molar-refractivity contribution < 1.29 is 18.0 Å². The molecule has 2 aromatic rings. The summed E-state index contributed by atoms with van der Waals surface area (Å²) in [7, 11) is 1.81. The van der Waals surface area contributed by atoms with Crippen LogP contribution in [-0.2, 0) is 17.5 Å². The van der Waals surface area contributed by atoms with Crippen LogP contribution in [0, 0.1) is 12.8 Å². The number of piperidine rings is 1. The van der Waals surface area contributed by atoms with Crippen LogP contribution < -0.4 is 4.90 Å². The molecule has 0 N–H and O–H groups in total. The molecule has 1 fully saturated rings. The predicted octanol–water partition coefficient (Wildman–Crippen LogP) is 5.00. The monoisotopic (exact) mass is 431 g/mol. The average Bonchev–Trinajstić information content (AvgIpc) is 3.05. The minimum absolute atomic E-state index is 0.0232. The van der Waals surface area contributed by atoms with Gasteiger partial charge in [-0.25, -0.2) is 4.98 Å². The zero-order valence-electron chi connectivity index (χ0n) is 15.6. The van der Waals surface area contributed by atoms with E-state index >= 15 is 0 Å². The van der Waals surface area contributed by atoms with Crippen LogP contribution in [0.2, 0.25) is 5.02 Å². The van der Waals surface area contributed by atoms with Crippen LogP contribution in [-0.4, -0.2) is 35.9 Å². The second-order valence-electron chi connectivity index (χ2n) is 7.01. The Labute approximate surface area is 170 Å². The van der Waals surface area contributed by atoms with Crippen molar-refractivity contribution in [1.29, 1.82) is 0 Å². The molecule has 0 unspecified atom stereocenters. The molecule has 0 atom stereocenters. The van der Waals surface area contributed by atoms with E-state index in [1.54, 1.807) is 16.2 Å². The average molecular weight is 432 g/mol. The summed E-state index contributed by atoms with van der Waals surface area (Å²) in [6.07, 6.45) is -2.44. The quantitative estimate of drug-likeness (QED) is 0.683. The Bertz CT molecular complexity index is 847. The summed E-state index contributed by atoms with van der Waals surface area (Å²) in [5.41, 5.74) is 0.319. The van der Waals surface area contributed by atoms with Gasteiger partial charge in [-0.2, -0.15) is 13.2 Å². The standard InChI is InChI=1S/C19H21ClF3N3OS/c1-12-5-8-28-16(12)11-25(2)18(27)13-3-6-26(7-4-13)17-15(20)9-14(10-24-17)19(21,22)23/h5,8-10,13H,3-4,6-7,11H2,1-2H3. The molecular formula is C19H21ClF3N3OS. The zero-order chi connectivity index (χ0) is 20.5. The third-order valence-corrected chi connectivity index (χ3v) is 6.30. The fraction of sp³-hybridized carbons (Fsp3) is 0.474. The highest BCUT2D eigenvalue weighted by atomic mass is 35.5. The molecule has 0 aliphatic carbocycles. The van der Waals surface area contributed by atoms with Crippen molar-refractivity contribution in [3.63, 3.8) is 0 Å². The predicted molar refractivity (Wildman–Crippen MR) is 105 cm³/mol.